The Morgan fingerprint density at radius 1 is 1.16 bits per heavy atom. The van der Waals surface area contributed by atoms with Crippen LogP contribution < -0.4 is 5.32 Å². The maximum absolute atomic E-state index is 12.7. The number of hydrogen-bond acceptors (Lipinski definition) is 8. The molecule has 3 heterocycles. The number of nitrogens with one attached hydrogen (secondary N) is 1. The van der Waals surface area contributed by atoms with Gasteiger partial charge in [0.1, 0.15) is 9.71 Å². The highest BCUT2D eigenvalue weighted by Gasteiger charge is 2.23. The largest absolute Gasteiger partial charge is 0.465 e. The van der Waals surface area contributed by atoms with E-state index < -0.39 is 5.97 Å². The molecular formula is C22H27N3O4S2. The van der Waals surface area contributed by atoms with Gasteiger partial charge < -0.3 is 14.8 Å². The molecule has 0 unspecified atom stereocenters. The first-order valence-electron chi connectivity index (χ1n) is 9.95. The van der Waals surface area contributed by atoms with E-state index in [1.54, 1.807) is 13.2 Å². The van der Waals surface area contributed by atoms with Crippen LogP contribution in [0.5, 0.6) is 0 Å². The van der Waals surface area contributed by atoms with Crippen molar-refractivity contribution >= 4 is 50.5 Å². The second-order valence-corrected chi connectivity index (χ2v) is 9.66. The SMILES string of the molecule is COCCN(Cc1ccc2c(NC(=O)c3ccc(C)s3)c(C(=O)OC)sc2n1)C(C)C. The Hall–Kier alpha value is -2.33. The highest BCUT2D eigenvalue weighted by molar-refractivity contribution is 7.21. The van der Waals surface area contributed by atoms with Crippen LogP contribution in [0.25, 0.3) is 10.2 Å². The summed E-state index contributed by atoms with van der Waals surface area (Å²) in [4.78, 5) is 34.8. The smallest absolute Gasteiger partial charge is 0.350 e. The molecule has 9 heteroatoms. The van der Waals surface area contributed by atoms with Gasteiger partial charge in [0.2, 0.25) is 0 Å². The van der Waals surface area contributed by atoms with Gasteiger partial charge in [-0.25, -0.2) is 9.78 Å². The van der Waals surface area contributed by atoms with Crippen molar-refractivity contribution in [1.82, 2.24) is 9.88 Å². The number of nitrogens with zero attached hydrogens (tertiary/aromatic N) is 2. The monoisotopic (exact) mass is 461 g/mol. The normalized spacial score (nSPS) is 11.5. The summed E-state index contributed by atoms with van der Waals surface area (Å²) in [7, 11) is 3.02. The van der Waals surface area contributed by atoms with Crippen LogP contribution in [0.15, 0.2) is 24.3 Å². The average Bonchev–Trinajstić information content (AvgIpc) is 3.34. The van der Waals surface area contributed by atoms with Gasteiger partial charge in [-0.1, -0.05) is 0 Å². The highest BCUT2D eigenvalue weighted by Crippen LogP contribution is 2.36. The van der Waals surface area contributed by atoms with Crippen molar-refractivity contribution < 1.29 is 19.1 Å². The maximum Gasteiger partial charge on any atom is 0.350 e. The summed E-state index contributed by atoms with van der Waals surface area (Å²) in [6.07, 6.45) is 0. The summed E-state index contributed by atoms with van der Waals surface area (Å²) in [5.41, 5.74) is 1.34. The van der Waals surface area contributed by atoms with E-state index in [9.17, 15) is 9.59 Å². The Balaban J connectivity index is 1.94. The molecule has 166 valence electrons. The van der Waals surface area contributed by atoms with Crippen molar-refractivity contribution in [2.45, 2.75) is 33.4 Å². The molecular weight excluding hydrogens is 434 g/mol. The molecule has 0 aliphatic heterocycles. The van der Waals surface area contributed by atoms with Gasteiger partial charge in [0.25, 0.3) is 5.91 Å². The van der Waals surface area contributed by atoms with Crippen molar-refractivity contribution in [3.63, 3.8) is 0 Å². The lowest BCUT2D eigenvalue weighted by Gasteiger charge is -2.25. The second-order valence-electron chi connectivity index (χ2n) is 7.37. The fourth-order valence-corrected chi connectivity index (χ4v) is 4.96. The predicted molar refractivity (Wildman–Crippen MR) is 125 cm³/mol. The first kappa shape index (κ1) is 23.3. The molecule has 1 amide bonds. The Kier molecular flexibility index (Phi) is 7.77. The number of fused-ring (bicyclic) bond motifs is 1. The number of carbonyl (C=O) groups excluding carboxylic acids is 2. The minimum absolute atomic E-state index is 0.252. The summed E-state index contributed by atoms with van der Waals surface area (Å²) in [5, 5.41) is 3.62. The molecule has 0 atom stereocenters. The maximum atomic E-state index is 12.7. The number of aryl methyl sites for hydroxylation is 1. The lowest BCUT2D eigenvalue weighted by atomic mass is 10.2. The number of ether oxygens (including phenoxy) is 2. The molecule has 7 nitrogen and oxygen atoms in total. The van der Waals surface area contributed by atoms with Crippen LogP contribution in [-0.2, 0) is 16.0 Å². The van der Waals surface area contributed by atoms with E-state index in [-0.39, 0.29) is 5.91 Å². The molecule has 0 saturated carbocycles. The van der Waals surface area contributed by atoms with Gasteiger partial charge in [-0.2, -0.15) is 0 Å². The van der Waals surface area contributed by atoms with Gasteiger partial charge in [0.15, 0.2) is 0 Å². The highest BCUT2D eigenvalue weighted by atomic mass is 32.1. The van der Waals surface area contributed by atoms with Crippen molar-refractivity contribution in [1.29, 1.82) is 0 Å². The van der Waals surface area contributed by atoms with E-state index in [4.69, 9.17) is 14.5 Å². The van der Waals surface area contributed by atoms with Crippen LogP contribution in [0.4, 0.5) is 5.69 Å². The van der Waals surface area contributed by atoms with E-state index in [1.165, 1.54) is 29.8 Å². The zero-order chi connectivity index (χ0) is 22.5. The molecule has 3 aromatic heterocycles. The fourth-order valence-electron chi connectivity index (χ4n) is 3.13. The van der Waals surface area contributed by atoms with Gasteiger partial charge in [-0.3, -0.25) is 9.69 Å². The lowest BCUT2D eigenvalue weighted by molar-refractivity contribution is 0.0607. The molecule has 0 saturated heterocycles. The van der Waals surface area contributed by atoms with Crippen LogP contribution in [0, 0.1) is 6.92 Å². The Bertz CT molecular complexity index is 1070. The number of aromatic nitrogens is 1. The van der Waals surface area contributed by atoms with Crippen LogP contribution in [0.3, 0.4) is 0 Å². The summed E-state index contributed by atoms with van der Waals surface area (Å²) in [5.74, 6) is -0.747. The van der Waals surface area contributed by atoms with Crippen molar-refractivity contribution in [3.05, 3.63) is 44.6 Å². The molecule has 0 aliphatic rings. The van der Waals surface area contributed by atoms with Gasteiger partial charge in [0.05, 0.1) is 30.0 Å². The Morgan fingerprint density at radius 2 is 1.94 bits per heavy atom. The van der Waals surface area contributed by atoms with E-state index in [0.29, 0.717) is 39.5 Å². The number of hydrogen-bond donors (Lipinski definition) is 1. The van der Waals surface area contributed by atoms with E-state index in [0.717, 1.165) is 22.5 Å². The lowest BCUT2D eigenvalue weighted by Crippen LogP contribution is -2.33. The van der Waals surface area contributed by atoms with Crippen LogP contribution in [-0.4, -0.2) is 55.2 Å². The van der Waals surface area contributed by atoms with E-state index >= 15 is 0 Å². The van der Waals surface area contributed by atoms with Crippen LogP contribution in [0.1, 0.15) is 43.8 Å². The van der Waals surface area contributed by atoms with Crippen molar-refractivity contribution in [2.24, 2.45) is 0 Å². The standard InChI is InChI=1S/C22H27N3O4S2/c1-13(2)25(10-11-28-4)12-15-7-8-16-18(19(22(27)29-5)31-21(16)23-15)24-20(26)17-9-6-14(3)30-17/h6-9,13H,10-12H2,1-5H3,(H,24,26). The minimum atomic E-state index is -0.494. The minimum Gasteiger partial charge on any atom is -0.465 e. The Labute approximate surface area is 190 Å². The predicted octanol–water partition coefficient (Wildman–Crippen LogP) is 4.56. The van der Waals surface area contributed by atoms with Crippen molar-refractivity contribution in [3.8, 4) is 0 Å². The second kappa shape index (κ2) is 10.3. The molecule has 0 spiro atoms. The van der Waals surface area contributed by atoms with Gasteiger partial charge in [-0.15, -0.1) is 22.7 Å². The number of methoxy groups -OCH3 is 2. The number of thiophene rings is 2. The first-order valence-corrected chi connectivity index (χ1v) is 11.6. The number of pyridine rings is 1. The fraction of sp³-hybridized carbons (Fsp3) is 0.409. The number of anilines is 1. The van der Waals surface area contributed by atoms with E-state index in [2.05, 4.69) is 24.1 Å². The third kappa shape index (κ3) is 5.48. The van der Waals surface area contributed by atoms with Gasteiger partial charge >= 0.3 is 5.97 Å². The topological polar surface area (TPSA) is 80.8 Å². The number of esters is 1. The van der Waals surface area contributed by atoms with Crippen LogP contribution >= 0.6 is 22.7 Å². The summed E-state index contributed by atoms with van der Waals surface area (Å²) in [6.45, 7) is 8.32. The number of rotatable bonds is 9. The molecule has 3 aromatic rings. The number of carbonyl (C=O) groups is 2. The summed E-state index contributed by atoms with van der Waals surface area (Å²) in [6, 6.07) is 7.85. The summed E-state index contributed by atoms with van der Waals surface area (Å²) < 4.78 is 10.2. The van der Waals surface area contributed by atoms with Crippen molar-refractivity contribution in [2.75, 3.05) is 32.7 Å². The molecule has 0 fully saturated rings. The third-order valence-corrected chi connectivity index (χ3v) is 6.94. The van der Waals surface area contributed by atoms with Gasteiger partial charge in [0, 0.05) is 36.5 Å². The zero-order valence-corrected chi connectivity index (χ0v) is 20.0. The molecule has 0 radical (unpaired) electrons. The Morgan fingerprint density at radius 3 is 2.55 bits per heavy atom. The van der Waals surface area contributed by atoms with Gasteiger partial charge in [-0.05, 0) is 45.0 Å². The summed E-state index contributed by atoms with van der Waals surface area (Å²) >= 11 is 2.63. The average molecular weight is 462 g/mol. The molecule has 0 aliphatic carbocycles. The zero-order valence-electron chi connectivity index (χ0n) is 18.4. The first-order chi connectivity index (χ1) is 14.8. The molecule has 3 rings (SSSR count). The quantitative estimate of drug-likeness (QED) is 0.471. The molecule has 1 N–H and O–H groups in total. The third-order valence-electron chi connectivity index (χ3n) is 4.86. The molecule has 31 heavy (non-hydrogen) atoms. The van der Waals surface area contributed by atoms with Crippen LogP contribution in [0.2, 0.25) is 0 Å². The molecule has 0 aromatic carbocycles. The number of amides is 1. The molecule has 0 bridgehead atoms. The van der Waals surface area contributed by atoms with E-state index in [1.807, 2.05) is 25.1 Å².